The third kappa shape index (κ3) is 4.05. The molecule has 2 aromatic carbocycles. The minimum atomic E-state index is -0.412. The van der Waals surface area contributed by atoms with Crippen LogP contribution < -0.4 is 5.32 Å². The van der Waals surface area contributed by atoms with E-state index in [4.69, 9.17) is 0 Å². The highest BCUT2D eigenvalue weighted by Crippen LogP contribution is 2.24. The van der Waals surface area contributed by atoms with Crippen molar-refractivity contribution in [3.05, 3.63) is 88.2 Å². The van der Waals surface area contributed by atoms with Crippen molar-refractivity contribution < 1.29 is 4.79 Å². The summed E-state index contributed by atoms with van der Waals surface area (Å²) < 4.78 is 2.15. The Kier molecular flexibility index (Phi) is 5.47. The maximum absolute atomic E-state index is 12.5. The smallest absolute Gasteiger partial charge is 0.266 e. The van der Waals surface area contributed by atoms with E-state index in [1.54, 1.807) is 18.2 Å². The lowest BCUT2D eigenvalue weighted by Gasteiger charge is -2.12. The van der Waals surface area contributed by atoms with Crippen molar-refractivity contribution in [2.45, 2.75) is 27.7 Å². The number of aromatic nitrogens is 1. The number of nitrogens with one attached hydrogen (secondary N) is 1. The van der Waals surface area contributed by atoms with Gasteiger partial charge >= 0.3 is 0 Å². The molecule has 0 fully saturated rings. The Labute approximate surface area is 165 Å². The van der Waals surface area contributed by atoms with Gasteiger partial charge in [-0.1, -0.05) is 24.3 Å². The van der Waals surface area contributed by atoms with Crippen molar-refractivity contribution in [2.24, 2.45) is 0 Å². The summed E-state index contributed by atoms with van der Waals surface area (Å²) in [6.07, 6.45) is 1.65. The molecule has 140 valence electrons. The molecule has 1 N–H and O–H groups in total. The van der Waals surface area contributed by atoms with Crippen LogP contribution in [0.4, 0.5) is 5.69 Å². The summed E-state index contributed by atoms with van der Waals surface area (Å²) in [4.78, 5) is 12.5. The number of carbonyl (C=O) groups excluding carboxylic acids is 1. The van der Waals surface area contributed by atoms with Gasteiger partial charge < -0.3 is 9.88 Å². The van der Waals surface area contributed by atoms with Crippen LogP contribution in [-0.2, 0) is 4.79 Å². The number of benzene rings is 2. The highest BCUT2D eigenvalue weighted by molar-refractivity contribution is 6.09. The van der Waals surface area contributed by atoms with Crippen molar-refractivity contribution in [2.75, 3.05) is 5.32 Å². The van der Waals surface area contributed by atoms with Gasteiger partial charge in [-0.25, -0.2) is 0 Å². The van der Waals surface area contributed by atoms with Crippen molar-refractivity contribution >= 4 is 17.7 Å². The number of aryl methyl sites for hydroxylation is 3. The second-order valence-electron chi connectivity index (χ2n) is 7.00. The Morgan fingerprint density at radius 3 is 2.25 bits per heavy atom. The maximum Gasteiger partial charge on any atom is 0.266 e. The van der Waals surface area contributed by atoms with E-state index in [1.165, 1.54) is 11.1 Å². The Hall–Kier alpha value is -3.58. The van der Waals surface area contributed by atoms with Gasteiger partial charge in [0.15, 0.2) is 0 Å². The molecule has 0 atom stereocenters. The van der Waals surface area contributed by atoms with Crippen LogP contribution in [0.15, 0.2) is 60.2 Å². The summed E-state index contributed by atoms with van der Waals surface area (Å²) in [6, 6.07) is 19.6. The molecular weight excluding hydrogens is 346 g/mol. The number of hydrogen-bond acceptors (Lipinski definition) is 2. The van der Waals surface area contributed by atoms with E-state index in [1.807, 2.05) is 44.2 Å². The molecule has 1 aromatic heterocycles. The van der Waals surface area contributed by atoms with Crippen LogP contribution in [0.2, 0.25) is 0 Å². The number of nitrogens with zero attached hydrogens (tertiary/aromatic N) is 2. The van der Waals surface area contributed by atoms with E-state index in [0.29, 0.717) is 5.69 Å². The summed E-state index contributed by atoms with van der Waals surface area (Å²) >= 11 is 0. The van der Waals surface area contributed by atoms with Gasteiger partial charge in [-0.15, -0.1) is 0 Å². The third-order valence-corrected chi connectivity index (χ3v) is 4.63. The van der Waals surface area contributed by atoms with Gasteiger partial charge in [0.2, 0.25) is 0 Å². The summed E-state index contributed by atoms with van der Waals surface area (Å²) in [6.45, 7) is 8.18. The van der Waals surface area contributed by atoms with E-state index in [9.17, 15) is 10.1 Å². The van der Waals surface area contributed by atoms with Crippen molar-refractivity contribution in [1.29, 1.82) is 5.26 Å². The first kappa shape index (κ1) is 19.2. The van der Waals surface area contributed by atoms with Crippen LogP contribution in [0, 0.1) is 39.0 Å². The Morgan fingerprint density at radius 1 is 1.00 bits per heavy atom. The number of rotatable bonds is 4. The van der Waals surface area contributed by atoms with Crippen LogP contribution >= 0.6 is 0 Å². The fourth-order valence-electron chi connectivity index (χ4n) is 3.43. The highest BCUT2D eigenvalue weighted by atomic mass is 16.1. The lowest BCUT2D eigenvalue weighted by molar-refractivity contribution is -0.112. The molecule has 0 unspecified atom stereocenters. The summed E-state index contributed by atoms with van der Waals surface area (Å²) in [5.74, 6) is -0.412. The molecule has 3 rings (SSSR count). The normalized spacial score (nSPS) is 11.2. The number of para-hydroxylation sites is 1. The second-order valence-corrected chi connectivity index (χ2v) is 7.00. The number of nitriles is 1. The average Bonchev–Trinajstić information content (AvgIpc) is 2.92. The quantitative estimate of drug-likeness (QED) is 0.504. The lowest BCUT2D eigenvalue weighted by atomic mass is 10.1. The zero-order valence-corrected chi connectivity index (χ0v) is 16.6. The van der Waals surface area contributed by atoms with E-state index < -0.39 is 5.91 Å². The Bertz CT molecular complexity index is 1080. The molecule has 0 aliphatic carbocycles. The van der Waals surface area contributed by atoms with Crippen molar-refractivity contribution in [3.8, 4) is 11.8 Å². The molecule has 0 radical (unpaired) electrons. The maximum atomic E-state index is 12.5. The fourth-order valence-corrected chi connectivity index (χ4v) is 3.43. The SMILES string of the molecule is Cc1cc(C)cc(-n2c(C)cc(/C=C(\C#N)C(=O)Nc3ccccc3)c2C)c1. The zero-order chi connectivity index (χ0) is 20.3. The van der Waals surface area contributed by atoms with Crippen molar-refractivity contribution in [3.63, 3.8) is 0 Å². The molecule has 0 saturated heterocycles. The number of amides is 1. The largest absolute Gasteiger partial charge is 0.321 e. The molecule has 3 aromatic rings. The number of anilines is 1. The van der Waals surface area contributed by atoms with Gasteiger partial charge in [-0.3, -0.25) is 4.79 Å². The van der Waals surface area contributed by atoms with E-state index >= 15 is 0 Å². The minimum absolute atomic E-state index is 0.0736. The first-order chi connectivity index (χ1) is 13.4. The second kappa shape index (κ2) is 7.98. The topological polar surface area (TPSA) is 57.8 Å². The van der Waals surface area contributed by atoms with Crippen LogP contribution in [0.1, 0.15) is 28.1 Å². The molecule has 0 bridgehead atoms. The van der Waals surface area contributed by atoms with Gasteiger partial charge in [0.1, 0.15) is 11.6 Å². The predicted octanol–water partition coefficient (Wildman–Crippen LogP) is 5.26. The fraction of sp³-hybridized carbons (Fsp3) is 0.167. The van der Waals surface area contributed by atoms with Gasteiger partial charge in [0.25, 0.3) is 5.91 Å². The molecule has 4 nitrogen and oxygen atoms in total. The molecule has 1 amide bonds. The minimum Gasteiger partial charge on any atom is -0.321 e. The molecular formula is C24H23N3O. The van der Waals surface area contributed by atoms with Crippen LogP contribution in [0.5, 0.6) is 0 Å². The standard InChI is InChI=1S/C24H23N3O/c1-16-10-17(2)12-23(11-16)27-18(3)13-20(19(27)4)14-21(15-25)24(28)26-22-8-6-5-7-9-22/h5-14H,1-4H3,(H,26,28)/b21-14+. The third-order valence-electron chi connectivity index (χ3n) is 4.63. The first-order valence-electron chi connectivity index (χ1n) is 9.15. The Balaban J connectivity index is 1.97. The van der Waals surface area contributed by atoms with Crippen molar-refractivity contribution in [1.82, 2.24) is 4.57 Å². The van der Waals surface area contributed by atoms with Gasteiger partial charge in [-0.05, 0) is 80.8 Å². The lowest BCUT2D eigenvalue weighted by Crippen LogP contribution is -2.13. The molecule has 4 heteroatoms. The molecule has 1 heterocycles. The van der Waals surface area contributed by atoms with Gasteiger partial charge in [0.05, 0.1) is 0 Å². The monoisotopic (exact) mass is 369 g/mol. The van der Waals surface area contributed by atoms with E-state index in [0.717, 1.165) is 22.6 Å². The molecule has 0 saturated carbocycles. The van der Waals surface area contributed by atoms with Crippen LogP contribution in [-0.4, -0.2) is 10.5 Å². The molecule has 0 spiro atoms. The van der Waals surface area contributed by atoms with Crippen LogP contribution in [0.3, 0.4) is 0 Å². The number of carbonyl (C=O) groups is 1. The number of hydrogen-bond donors (Lipinski definition) is 1. The highest BCUT2D eigenvalue weighted by Gasteiger charge is 2.14. The first-order valence-corrected chi connectivity index (χ1v) is 9.15. The zero-order valence-electron chi connectivity index (χ0n) is 16.6. The molecule has 28 heavy (non-hydrogen) atoms. The summed E-state index contributed by atoms with van der Waals surface area (Å²) in [5.41, 5.74) is 7.10. The van der Waals surface area contributed by atoms with Gasteiger partial charge in [0, 0.05) is 22.8 Å². The molecule has 0 aliphatic rings. The van der Waals surface area contributed by atoms with Crippen LogP contribution in [0.25, 0.3) is 11.8 Å². The van der Waals surface area contributed by atoms with Gasteiger partial charge in [-0.2, -0.15) is 5.26 Å². The van der Waals surface area contributed by atoms with E-state index in [2.05, 4.69) is 41.9 Å². The predicted molar refractivity (Wildman–Crippen MR) is 113 cm³/mol. The molecule has 0 aliphatic heterocycles. The summed E-state index contributed by atoms with van der Waals surface area (Å²) in [5, 5.41) is 12.3. The summed E-state index contributed by atoms with van der Waals surface area (Å²) in [7, 11) is 0. The van der Waals surface area contributed by atoms with E-state index in [-0.39, 0.29) is 5.57 Å². The Morgan fingerprint density at radius 2 is 1.64 bits per heavy atom. The average molecular weight is 369 g/mol.